The van der Waals surface area contributed by atoms with Crippen LogP contribution in [0.4, 0.5) is 5.69 Å². The number of hydrogen-bond donors (Lipinski definition) is 0. The van der Waals surface area contributed by atoms with Gasteiger partial charge in [0.1, 0.15) is 18.2 Å². The summed E-state index contributed by atoms with van der Waals surface area (Å²) < 4.78 is 35.7. The number of benzene rings is 2. The van der Waals surface area contributed by atoms with E-state index >= 15 is 0 Å². The number of ether oxygens (including phenoxy) is 2. The molecule has 0 N–H and O–H groups in total. The van der Waals surface area contributed by atoms with Crippen LogP contribution in [0.25, 0.3) is 6.08 Å². The molecule has 1 atom stereocenters. The second-order valence-electron chi connectivity index (χ2n) is 8.24. The van der Waals surface area contributed by atoms with E-state index in [1.807, 2.05) is 17.9 Å². The van der Waals surface area contributed by atoms with E-state index in [0.29, 0.717) is 35.6 Å². The number of allylic oxidation sites excluding steroid dienone is 1. The Balaban J connectivity index is 1.46. The first kappa shape index (κ1) is 20.7. The zero-order valence-corrected chi connectivity index (χ0v) is 18.1. The molecule has 0 bridgehead atoms. The maximum absolute atomic E-state index is 13.1. The minimum absolute atomic E-state index is 0.0369. The summed E-state index contributed by atoms with van der Waals surface area (Å²) in [6.45, 7) is 2.52. The van der Waals surface area contributed by atoms with Crippen molar-refractivity contribution in [2.45, 2.75) is 25.9 Å². The summed E-state index contributed by atoms with van der Waals surface area (Å²) in [5, 5.41) is 10.9. The fraction of sp³-hybridized carbons (Fsp3) is 0.318. The van der Waals surface area contributed by atoms with Crippen molar-refractivity contribution in [3.63, 3.8) is 0 Å². The van der Waals surface area contributed by atoms with Crippen LogP contribution in [0, 0.1) is 17.0 Å². The molecule has 2 aromatic carbocycles. The summed E-state index contributed by atoms with van der Waals surface area (Å²) in [7, 11) is -3.03. The lowest BCUT2D eigenvalue weighted by molar-refractivity contribution is -0.384. The molecule has 0 aromatic heterocycles. The van der Waals surface area contributed by atoms with Gasteiger partial charge in [-0.2, -0.15) is 0 Å². The minimum atomic E-state index is -3.03. The summed E-state index contributed by atoms with van der Waals surface area (Å²) >= 11 is 0. The van der Waals surface area contributed by atoms with Crippen molar-refractivity contribution in [3.05, 3.63) is 68.5 Å². The molecule has 3 heterocycles. The number of hydrogen-bond acceptors (Lipinski definition) is 8. The highest BCUT2D eigenvalue weighted by Gasteiger charge is 2.39. The highest BCUT2D eigenvalue weighted by atomic mass is 32.2. The monoisotopic (exact) mass is 456 g/mol. The summed E-state index contributed by atoms with van der Waals surface area (Å²) in [6.07, 6.45) is 2.11. The van der Waals surface area contributed by atoms with Crippen LogP contribution in [0.5, 0.6) is 11.5 Å². The van der Waals surface area contributed by atoms with Crippen LogP contribution in [-0.2, 0) is 16.4 Å². The molecule has 32 heavy (non-hydrogen) atoms. The number of aryl methyl sites for hydroxylation is 1. The lowest BCUT2D eigenvalue weighted by Crippen LogP contribution is -2.41. The first-order valence-corrected chi connectivity index (χ1v) is 12.0. The molecule has 0 aliphatic carbocycles. The van der Waals surface area contributed by atoms with Crippen molar-refractivity contribution < 1.29 is 27.6 Å². The SMILES string of the molecule is Cc1cc2c(c3c1C(=O)/C(=C/c1ccc([N+](=O)[O-])cc1)O3)CN(C1CCS(=O)(=O)C1)CO2. The molecule has 1 fully saturated rings. The molecule has 2 aromatic rings. The van der Waals surface area contributed by atoms with Crippen LogP contribution in [0.2, 0.25) is 0 Å². The molecular formula is C22H20N2O7S. The quantitative estimate of drug-likeness (QED) is 0.393. The molecule has 0 radical (unpaired) electrons. The third-order valence-corrected chi connectivity index (χ3v) is 7.83. The van der Waals surface area contributed by atoms with Gasteiger partial charge in [0.15, 0.2) is 15.6 Å². The number of non-ortho nitro benzene ring substituents is 1. The molecule has 10 heteroatoms. The standard InChI is InChI=1S/C22H20N2O7S/c1-13-8-18-17(10-23(12-30-18)16-6-7-32(28,29)11-16)22-20(13)21(25)19(31-22)9-14-2-4-15(5-3-14)24(26)27/h2-5,8-9,16H,6-7,10-12H2,1H3/b19-9-. The molecular weight excluding hydrogens is 436 g/mol. The minimum Gasteiger partial charge on any atom is -0.478 e. The van der Waals surface area contributed by atoms with Gasteiger partial charge in [0.05, 0.1) is 27.6 Å². The first-order valence-electron chi connectivity index (χ1n) is 10.1. The highest BCUT2D eigenvalue weighted by Crippen LogP contribution is 2.44. The van der Waals surface area contributed by atoms with Crippen LogP contribution in [0.15, 0.2) is 36.1 Å². The Morgan fingerprint density at radius 3 is 2.66 bits per heavy atom. The van der Waals surface area contributed by atoms with E-state index in [2.05, 4.69) is 0 Å². The summed E-state index contributed by atoms with van der Waals surface area (Å²) in [5.41, 5.74) is 2.48. The molecule has 1 unspecified atom stereocenters. The number of nitrogens with zero attached hydrogens (tertiary/aromatic N) is 2. The van der Waals surface area contributed by atoms with E-state index in [1.54, 1.807) is 18.2 Å². The van der Waals surface area contributed by atoms with Gasteiger partial charge in [0, 0.05) is 24.7 Å². The van der Waals surface area contributed by atoms with Crippen molar-refractivity contribution in [3.8, 4) is 11.5 Å². The third-order valence-electron chi connectivity index (χ3n) is 6.08. The molecule has 9 nitrogen and oxygen atoms in total. The first-order chi connectivity index (χ1) is 15.2. The van der Waals surface area contributed by atoms with Crippen LogP contribution >= 0.6 is 0 Å². The largest absolute Gasteiger partial charge is 0.478 e. The van der Waals surface area contributed by atoms with Crippen molar-refractivity contribution in [1.82, 2.24) is 4.90 Å². The smallest absolute Gasteiger partial charge is 0.269 e. The van der Waals surface area contributed by atoms with Gasteiger partial charge < -0.3 is 9.47 Å². The summed E-state index contributed by atoms with van der Waals surface area (Å²) in [6, 6.07) is 7.53. The number of rotatable bonds is 3. The van der Waals surface area contributed by atoms with E-state index in [-0.39, 0.29) is 41.5 Å². The molecule has 166 valence electrons. The Kier molecular flexibility index (Phi) is 4.79. The van der Waals surface area contributed by atoms with Gasteiger partial charge in [0.25, 0.3) is 5.69 Å². The lowest BCUT2D eigenvalue weighted by atomic mass is 9.98. The summed E-state index contributed by atoms with van der Waals surface area (Å²) in [5.74, 6) is 1.20. The van der Waals surface area contributed by atoms with Gasteiger partial charge in [-0.25, -0.2) is 8.42 Å². The van der Waals surface area contributed by atoms with Gasteiger partial charge in [-0.15, -0.1) is 0 Å². The number of nitro groups is 1. The van der Waals surface area contributed by atoms with Crippen LogP contribution in [0.3, 0.4) is 0 Å². The zero-order chi connectivity index (χ0) is 22.6. The second-order valence-corrected chi connectivity index (χ2v) is 10.5. The average Bonchev–Trinajstić information content (AvgIpc) is 3.28. The van der Waals surface area contributed by atoms with Gasteiger partial charge in [-0.3, -0.25) is 19.8 Å². The van der Waals surface area contributed by atoms with Gasteiger partial charge in [-0.1, -0.05) is 0 Å². The van der Waals surface area contributed by atoms with E-state index < -0.39 is 14.8 Å². The Hall–Kier alpha value is -3.24. The normalized spacial score (nSPS) is 22.8. The predicted molar refractivity (Wildman–Crippen MR) is 115 cm³/mol. The van der Waals surface area contributed by atoms with Crippen LogP contribution < -0.4 is 9.47 Å². The van der Waals surface area contributed by atoms with E-state index in [4.69, 9.17) is 9.47 Å². The summed E-state index contributed by atoms with van der Waals surface area (Å²) in [4.78, 5) is 25.4. The Morgan fingerprint density at radius 2 is 2.00 bits per heavy atom. The fourth-order valence-corrected chi connectivity index (χ4v) is 6.15. The molecule has 0 saturated carbocycles. The Labute approximate surface area is 184 Å². The second kappa shape index (κ2) is 7.42. The van der Waals surface area contributed by atoms with E-state index in [1.165, 1.54) is 12.1 Å². The zero-order valence-electron chi connectivity index (χ0n) is 17.2. The van der Waals surface area contributed by atoms with Crippen molar-refractivity contribution in [2.75, 3.05) is 18.2 Å². The molecule has 3 aliphatic rings. The number of Topliss-reactive ketones (excluding diaryl/α,β-unsaturated/α-hetero) is 1. The van der Waals surface area contributed by atoms with Crippen LogP contribution in [-0.4, -0.2) is 48.3 Å². The van der Waals surface area contributed by atoms with E-state index in [9.17, 15) is 23.3 Å². The predicted octanol–water partition coefficient (Wildman–Crippen LogP) is 2.86. The lowest BCUT2D eigenvalue weighted by Gasteiger charge is -2.33. The maximum atomic E-state index is 13.1. The Bertz CT molecular complexity index is 1280. The molecule has 5 rings (SSSR count). The molecule has 0 amide bonds. The van der Waals surface area contributed by atoms with Gasteiger partial charge in [0.2, 0.25) is 5.78 Å². The number of sulfone groups is 1. The van der Waals surface area contributed by atoms with Crippen molar-refractivity contribution >= 4 is 27.4 Å². The number of carbonyl (C=O) groups is 1. The van der Waals surface area contributed by atoms with E-state index in [0.717, 1.165) is 11.1 Å². The Morgan fingerprint density at radius 1 is 1.25 bits per heavy atom. The number of carbonyl (C=O) groups excluding carboxylic acids is 1. The maximum Gasteiger partial charge on any atom is 0.269 e. The van der Waals surface area contributed by atoms with Gasteiger partial charge in [-0.05, 0) is 48.7 Å². The number of ketones is 1. The average molecular weight is 456 g/mol. The molecule has 1 saturated heterocycles. The molecule has 3 aliphatic heterocycles. The number of fused-ring (bicyclic) bond motifs is 3. The third kappa shape index (κ3) is 3.55. The highest BCUT2D eigenvalue weighted by molar-refractivity contribution is 7.91. The fourth-order valence-electron chi connectivity index (χ4n) is 4.39. The number of nitro benzene ring substituents is 1. The topological polar surface area (TPSA) is 116 Å². The molecule has 0 spiro atoms. The van der Waals surface area contributed by atoms with Crippen molar-refractivity contribution in [1.29, 1.82) is 0 Å². The van der Waals surface area contributed by atoms with Gasteiger partial charge >= 0.3 is 0 Å². The van der Waals surface area contributed by atoms with Crippen LogP contribution in [0.1, 0.15) is 33.5 Å². The van der Waals surface area contributed by atoms with Crippen molar-refractivity contribution in [2.24, 2.45) is 0 Å².